The van der Waals surface area contributed by atoms with Gasteiger partial charge in [0.2, 0.25) is 5.91 Å². The van der Waals surface area contributed by atoms with E-state index in [-0.39, 0.29) is 28.8 Å². The number of carbonyl (C=O) groups is 2. The van der Waals surface area contributed by atoms with E-state index in [2.05, 4.69) is 28.1 Å². The Morgan fingerprint density at radius 2 is 2.18 bits per heavy atom. The van der Waals surface area contributed by atoms with E-state index in [1.165, 1.54) is 6.92 Å². The van der Waals surface area contributed by atoms with Gasteiger partial charge in [0.05, 0.1) is 11.8 Å². The molecule has 2 atom stereocenters. The number of nitrogens with one attached hydrogen (secondary N) is 2. The van der Waals surface area contributed by atoms with Crippen LogP contribution in [-0.2, 0) is 9.59 Å². The van der Waals surface area contributed by atoms with Crippen LogP contribution in [0.5, 0.6) is 0 Å². The highest BCUT2D eigenvalue weighted by Gasteiger charge is 2.43. The quantitative estimate of drug-likeness (QED) is 0.360. The van der Waals surface area contributed by atoms with E-state index in [1.54, 1.807) is 0 Å². The first-order valence-electron chi connectivity index (χ1n) is 5.28. The average Bonchev–Trinajstić information content (AvgIpc) is 2.52. The molecular formula is C10H16N4O2S. The van der Waals surface area contributed by atoms with Gasteiger partial charge in [0, 0.05) is 0 Å². The summed E-state index contributed by atoms with van der Waals surface area (Å²) in [4.78, 5) is 23.1. The van der Waals surface area contributed by atoms with Gasteiger partial charge in [-0.15, -0.1) is 0 Å². The Bertz CT molecular complexity index is 392. The third-order valence-corrected chi connectivity index (χ3v) is 2.63. The third kappa shape index (κ3) is 3.00. The van der Waals surface area contributed by atoms with Gasteiger partial charge in [0.15, 0.2) is 5.11 Å². The summed E-state index contributed by atoms with van der Waals surface area (Å²) in [5, 5.41) is 6.72. The zero-order chi connectivity index (χ0) is 13.2. The summed E-state index contributed by atoms with van der Waals surface area (Å²) in [5.74, 6) is -1.27. The van der Waals surface area contributed by atoms with Crippen LogP contribution in [0.4, 0.5) is 0 Å². The van der Waals surface area contributed by atoms with Crippen molar-refractivity contribution in [2.24, 2.45) is 22.7 Å². The number of thiocarbonyl (C=S) groups is 1. The molecule has 1 aliphatic rings. The first kappa shape index (κ1) is 13.6. The van der Waals surface area contributed by atoms with Crippen LogP contribution in [0.1, 0.15) is 20.8 Å². The van der Waals surface area contributed by atoms with Crippen molar-refractivity contribution >= 4 is 34.7 Å². The summed E-state index contributed by atoms with van der Waals surface area (Å²) in [6.07, 6.45) is 0. The maximum Gasteiger partial charge on any atom is 0.237 e. The molecule has 0 saturated carbocycles. The number of ketones is 1. The molecule has 0 spiro atoms. The van der Waals surface area contributed by atoms with Crippen molar-refractivity contribution in [3.05, 3.63) is 0 Å². The van der Waals surface area contributed by atoms with Crippen LogP contribution in [-0.4, -0.2) is 28.6 Å². The van der Waals surface area contributed by atoms with Gasteiger partial charge in [-0.2, -0.15) is 5.10 Å². The maximum atomic E-state index is 11.7. The van der Waals surface area contributed by atoms with Gasteiger partial charge in [-0.25, -0.2) is 0 Å². The van der Waals surface area contributed by atoms with Gasteiger partial charge in [-0.1, -0.05) is 13.8 Å². The first-order chi connectivity index (χ1) is 7.84. The van der Waals surface area contributed by atoms with Crippen LogP contribution in [0.25, 0.3) is 0 Å². The van der Waals surface area contributed by atoms with Crippen molar-refractivity contribution in [3.63, 3.8) is 0 Å². The topological polar surface area (TPSA) is 96.6 Å². The second-order valence-corrected chi connectivity index (χ2v) is 4.73. The number of rotatable bonds is 3. The molecule has 1 aliphatic heterocycles. The van der Waals surface area contributed by atoms with Gasteiger partial charge in [0.25, 0.3) is 0 Å². The van der Waals surface area contributed by atoms with Gasteiger partial charge in [-0.05, 0) is 25.1 Å². The second-order valence-electron chi connectivity index (χ2n) is 4.29. The van der Waals surface area contributed by atoms with Crippen LogP contribution >= 0.6 is 12.2 Å². The fraction of sp³-hybridized carbons (Fsp3) is 0.600. The summed E-state index contributed by atoms with van der Waals surface area (Å²) in [6, 6.07) is -0.266. The highest BCUT2D eigenvalue weighted by atomic mass is 32.1. The number of Topliss-reactive ketones (excluding diaryl/α,β-unsaturated/α-hetero) is 1. The molecule has 1 rings (SSSR count). The highest BCUT2D eigenvalue weighted by molar-refractivity contribution is 7.80. The Morgan fingerprint density at radius 1 is 1.59 bits per heavy atom. The molecule has 6 nitrogen and oxygen atoms in total. The third-order valence-electron chi connectivity index (χ3n) is 2.54. The summed E-state index contributed by atoms with van der Waals surface area (Å²) in [6.45, 7) is 5.23. The molecule has 2 unspecified atom stereocenters. The molecule has 0 aliphatic carbocycles. The van der Waals surface area contributed by atoms with Crippen molar-refractivity contribution < 1.29 is 9.59 Å². The standard InChI is InChI=1S/C10H16N4O2S/c1-4(2)7-8(13-14-10(11)17)6(5(3)15)9(16)12-7/h4,6-7H,1-3H3,(H,12,16)(H3,11,14,17)/b13-8-. The Hall–Kier alpha value is -1.50. The molecule has 1 saturated heterocycles. The van der Waals surface area contributed by atoms with Crippen LogP contribution in [0.15, 0.2) is 5.10 Å². The van der Waals surface area contributed by atoms with Crippen molar-refractivity contribution in [2.45, 2.75) is 26.8 Å². The first-order valence-corrected chi connectivity index (χ1v) is 5.69. The summed E-state index contributed by atoms with van der Waals surface area (Å²) >= 11 is 4.64. The van der Waals surface area contributed by atoms with Gasteiger partial charge in [0.1, 0.15) is 11.7 Å². The van der Waals surface area contributed by atoms with Gasteiger partial charge in [-0.3, -0.25) is 15.0 Å². The van der Waals surface area contributed by atoms with Gasteiger partial charge >= 0.3 is 0 Å². The zero-order valence-electron chi connectivity index (χ0n) is 9.98. The molecule has 94 valence electrons. The summed E-state index contributed by atoms with van der Waals surface area (Å²) in [7, 11) is 0. The highest BCUT2D eigenvalue weighted by Crippen LogP contribution is 2.19. The number of hydrogen-bond acceptors (Lipinski definition) is 4. The molecule has 4 N–H and O–H groups in total. The molecular weight excluding hydrogens is 240 g/mol. The monoisotopic (exact) mass is 256 g/mol. The molecule has 0 aromatic carbocycles. The van der Waals surface area contributed by atoms with Crippen molar-refractivity contribution in [1.29, 1.82) is 0 Å². The number of carbonyl (C=O) groups excluding carboxylic acids is 2. The molecule has 0 radical (unpaired) electrons. The number of hydrazone groups is 1. The molecule has 0 aromatic rings. The summed E-state index contributed by atoms with van der Waals surface area (Å²) in [5.41, 5.74) is 8.15. The van der Waals surface area contributed by atoms with Crippen molar-refractivity contribution in [2.75, 3.05) is 0 Å². The van der Waals surface area contributed by atoms with Crippen LogP contribution in [0, 0.1) is 11.8 Å². The lowest BCUT2D eigenvalue weighted by Gasteiger charge is -2.16. The minimum Gasteiger partial charge on any atom is -0.375 e. The fourth-order valence-electron chi connectivity index (χ4n) is 1.78. The normalized spacial score (nSPS) is 26.1. The Balaban J connectivity index is 3.05. The number of nitrogens with two attached hydrogens (primary N) is 1. The lowest BCUT2D eigenvalue weighted by atomic mass is 9.93. The predicted octanol–water partition coefficient (Wildman–Crippen LogP) is -0.465. The SMILES string of the molecule is CC(=O)C1C(=O)NC(C(C)C)/C1=N\NC(N)=S. The molecule has 1 heterocycles. The molecule has 17 heavy (non-hydrogen) atoms. The molecule has 1 amide bonds. The minimum absolute atomic E-state index is 0.00153. The largest absolute Gasteiger partial charge is 0.375 e. The Labute approximate surface area is 105 Å². The second kappa shape index (κ2) is 5.22. The van der Waals surface area contributed by atoms with E-state index in [0.29, 0.717) is 5.71 Å². The Kier molecular flexibility index (Phi) is 4.17. The van der Waals surface area contributed by atoms with E-state index < -0.39 is 5.92 Å². The summed E-state index contributed by atoms with van der Waals surface area (Å²) < 4.78 is 0. The lowest BCUT2D eigenvalue weighted by molar-refractivity contribution is -0.129. The predicted molar refractivity (Wildman–Crippen MR) is 68.3 cm³/mol. The molecule has 7 heteroatoms. The molecule has 0 bridgehead atoms. The van der Waals surface area contributed by atoms with E-state index in [1.807, 2.05) is 13.8 Å². The van der Waals surface area contributed by atoms with Crippen molar-refractivity contribution in [3.8, 4) is 0 Å². The maximum absolute atomic E-state index is 11.7. The smallest absolute Gasteiger partial charge is 0.237 e. The minimum atomic E-state index is -0.843. The molecule has 1 fully saturated rings. The van der Waals surface area contributed by atoms with E-state index in [0.717, 1.165) is 0 Å². The fourth-order valence-corrected chi connectivity index (χ4v) is 1.82. The zero-order valence-corrected chi connectivity index (χ0v) is 10.8. The number of hydrogen-bond donors (Lipinski definition) is 3. The van der Waals surface area contributed by atoms with Gasteiger partial charge < -0.3 is 11.1 Å². The Morgan fingerprint density at radius 3 is 2.59 bits per heavy atom. The molecule has 0 aromatic heterocycles. The lowest BCUT2D eigenvalue weighted by Crippen LogP contribution is -2.36. The van der Waals surface area contributed by atoms with E-state index >= 15 is 0 Å². The van der Waals surface area contributed by atoms with Crippen LogP contribution in [0.2, 0.25) is 0 Å². The van der Waals surface area contributed by atoms with Crippen LogP contribution in [0.3, 0.4) is 0 Å². The van der Waals surface area contributed by atoms with Crippen molar-refractivity contribution in [1.82, 2.24) is 10.7 Å². The number of amides is 1. The van der Waals surface area contributed by atoms with E-state index in [9.17, 15) is 9.59 Å². The van der Waals surface area contributed by atoms with E-state index in [4.69, 9.17) is 5.73 Å². The number of nitrogens with zero attached hydrogens (tertiary/aromatic N) is 1. The average molecular weight is 256 g/mol. The van der Waals surface area contributed by atoms with Crippen LogP contribution < -0.4 is 16.5 Å².